The molecule has 13 heavy (non-hydrogen) atoms. The number of morpholine rings is 1. The minimum Gasteiger partial charge on any atom is -0.548 e. The maximum Gasteiger partial charge on any atom is 0.0331 e. The zero-order valence-corrected chi connectivity index (χ0v) is 12.0. The molecule has 0 aromatic heterocycles. The van der Waals surface area contributed by atoms with Gasteiger partial charge >= 0.3 is 0 Å². The standard InChI is InChI=1S/C10H20NO.Y/c1-9-7-11(5-6-12-9)8-10(2,3)4;/h6,9H,5,7-8H2,1-4H3;/q-1;. The van der Waals surface area contributed by atoms with Crippen LogP contribution in [0.1, 0.15) is 27.7 Å². The van der Waals surface area contributed by atoms with Gasteiger partial charge in [-0.15, -0.1) is 6.54 Å². The molecule has 1 radical (unpaired) electrons. The molecule has 0 spiro atoms. The van der Waals surface area contributed by atoms with E-state index in [4.69, 9.17) is 4.74 Å². The summed E-state index contributed by atoms with van der Waals surface area (Å²) in [7, 11) is 0. The van der Waals surface area contributed by atoms with Crippen molar-refractivity contribution in [3.8, 4) is 0 Å². The summed E-state index contributed by atoms with van der Waals surface area (Å²) in [5.74, 6) is 0. The summed E-state index contributed by atoms with van der Waals surface area (Å²) < 4.78 is 5.36. The van der Waals surface area contributed by atoms with E-state index in [1.165, 1.54) is 0 Å². The van der Waals surface area contributed by atoms with E-state index in [2.05, 4.69) is 32.6 Å². The van der Waals surface area contributed by atoms with Gasteiger partial charge in [-0.25, -0.2) is 0 Å². The number of hydrogen-bond acceptors (Lipinski definition) is 2. The van der Waals surface area contributed by atoms with Crippen molar-refractivity contribution in [1.82, 2.24) is 4.90 Å². The van der Waals surface area contributed by atoms with Crippen LogP contribution in [-0.4, -0.2) is 30.6 Å². The van der Waals surface area contributed by atoms with Gasteiger partial charge in [0.05, 0.1) is 0 Å². The maximum atomic E-state index is 5.36. The van der Waals surface area contributed by atoms with E-state index in [1.807, 2.05) is 6.61 Å². The van der Waals surface area contributed by atoms with E-state index in [0.29, 0.717) is 11.5 Å². The largest absolute Gasteiger partial charge is 0.548 e. The molecule has 1 atom stereocenters. The molecule has 0 aromatic carbocycles. The normalized spacial score (nSPS) is 25.4. The first kappa shape index (κ1) is 14.0. The Morgan fingerprint density at radius 2 is 2.08 bits per heavy atom. The van der Waals surface area contributed by atoms with Crippen molar-refractivity contribution in [1.29, 1.82) is 0 Å². The van der Waals surface area contributed by atoms with Crippen LogP contribution in [0.4, 0.5) is 0 Å². The molecule has 1 heterocycles. The first-order valence-electron chi connectivity index (χ1n) is 4.67. The van der Waals surface area contributed by atoms with Crippen LogP contribution in [0, 0.1) is 12.0 Å². The summed E-state index contributed by atoms with van der Waals surface area (Å²) in [6.45, 7) is 14.0. The van der Waals surface area contributed by atoms with Crippen LogP contribution in [0.3, 0.4) is 0 Å². The van der Waals surface area contributed by atoms with Gasteiger partial charge in [0.25, 0.3) is 0 Å². The molecular weight excluding hydrogens is 239 g/mol. The van der Waals surface area contributed by atoms with Gasteiger partial charge in [0.2, 0.25) is 0 Å². The van der Waals surface area contributed by atoms with E-state index in [9.17, 15) is 0 Å². The van der Waals surface area contributed by atoms with Gasteiger partial charge in [0.1, 0.15) is 0 Å². The van der Waals surface area contributed by atoms with Crippen LogP contribution in [0.25, 0.3) is 0 Å². The Hall–Kier alpha value is 1.02. The Balaban J connectivity index is 0.00000144. The van der Waals surface area contributed by atoms with Gasteiger partial charge in [-0.3, -0.25) is 0 Å². The van der Waals surface area contributed by atoms with E-state index in [-0.39, 0.29) is 32.7 Å². The molecule has 1 aliphatic rings. The van der Waals surface area contributed by atoms with Crippen molar-refractivity contribution >= 4 is 0 Å². The Morgan fingerprint density at radius 3 is 2.54 bits per heavy atom. The van der Waals surface area contributed by atoms with Crippen molar-refractivity contribution < 1.29 is 37.4 Å². The zero-order chi connectivity index (χ0) is 9.19. The molecule has 75 valence electrons. The van der Waals surface area contributed by atoms with Crippen molar-refractivity contribution in [3.63, 3.8) is 0 Å². The van der Waals surface area contributed by atoms with Gasteiger partial charge in [-0.05, 0) is 12.3 Å². The number of ether oxygens (including phenoxy) is 1. The molecule has 0 bridgehead atoms. The average molecular weight is 259 g/mol. The fourth-order valence-electron chi connectivity index (χ4n) is 1.59. The Labute approximate surface area is 107 Å². The van der Waals surface area contributed by atoms with Crippen LogP contribution < -0.4 is 0 Å². The first-order valence-corrected chi connectivity index (χ1v) is 4.67. The van der Waals surface area contributed by atoms with Crippen LogP contribution in [0.2, 0.25) is 0 Å². The van der Waals surface area contributed by atoms with Gasteiger partial charge in [0, 0.05) is 51.9 Å². The Bertz CT molecular complexity index is 144. The molecule has 1 aliphatic heterocycles. The molecule has 0 aromatic rings. The van der Waals surface area contributed by atoms with Crippen molar-refractivity contribution in [2.24, 2.45) is 5.41 Å². The summed E-state index contributed by atoms with van der Waals surface area (Å²) in [4.78, 5) is 2.44. The molecule has 0 N–H and O–H groups in total. The molecule has 2 nitrogen and oxygen atoms in total. The number of nitrogens with zero attached hydrogens (tertiary/aromatic N) is 1. The summed E-state index contributed by atoms with van der Waals surface area (Å²) in [5, 5.41) is 0. The zero-order valence-electron chi connectivity index (χ0n) is 9.21. The van der Waals surface area contributed by atoms with Gasteiger partial charge < -0.3 is 9.64 Å². The molecule has 0 saturated carbocycles. The maximum absolute atomic E-state index is 5.36. The third kappa shape index (κ3) is 6.16. The van der Waals surface area contributed by atoms with Crippen LogP contribution in [-0.2, 0) is 37.4 Å². The van der Waals surface area contributed by atoms with Gasteiger partial charge in [0.15, 0.2) is 0 Å². The topological polar surface area (TPSA) is 12.5 Å². The molecule has 1 unspecified atom stereocenters. The van der Waals surface area contributed by atoms with Gasteiger partial charge in [-0.2, -0.15) is 6.61 Å². The van der Waals surface area contributed by atoms with Crippen LogP contribution in [0.15, 0.2) is 0 Å². The van der Waals surface area contributed by atoms with Crippen molar-refractivity contribution in [3.05, 3.63) is 6.61 Å². The summed E-state index contributed by atoms with van der Waals surface area (Å²) in [5.41, 5.74) is 0.394. The van der Waals surface area contributed by atoms with Crippen molar-refractivity contribution in [2.45, 2.75) is 33.8 Å². The molecule has 3 heteroatoms. The minimum atomic E-state index is 0. The second kappa shape index (κ2) is 5.80. The van der Waals surface area contributed by atoms with Crippen LogP contribution >= 0.6 is 0 Å². The summed E-state index contributed by atoms with van der Waals surface area (Å²) >= 11 is 0. The van der Waals surface area contributed by atoms with Crippen molar-refractivity contribution in [2.75, 3.05) is 19.6 Å². The number of rotatable bonds is 1. The fraction of sp³-hybridized carbons (Fsp3) is 0.900. The third-order valence-electron chi connectivity index (χ3n) is 1.87. The molecule has 1 saturated heterocycles. The molecular formula is C10H20NOY-. The SMILES string of the molecule is CC1CN(CC(C)(C)C)C[CH-]O1.[Y]. The third-order valence-corrected chi connectivity index (χ3v) is 1.87. The molecule has 0 amide bonds. The second-order valence-corrected chi connectivity index (χ2v) is 4.87. The minimum absolute atomic E-state index is 0. The van der Waals surface area contributed by atoms with E-state index < -0.39 is 0 Å². The predicted octanol–water partition coefficient (Wildman–Crippen LogP) is 1.91. The van der Waals surface area contributed by atoms with E-state index >= 15 is 0 Å². The summed E-state index contributed by atoms with van der Waals surface area (Å²) in [6, 6.07) is 0. The summed E-state index contributed by atoms with van der Waals surface area (Å²) in [6.07, 6.45) is 0.362. The molecule has 0 aliphatic carbocycles. The Morgan fingerprint density at radius 1 is 1.46 bits per heavy atom. The molecule has 1 fully saturated rings. The number of hydrogen-bond donors (Lipinski definition) is 0. The first-order chi connectivity index (χ1) is 5.47. The average Bonchev–Trinajstić information content (AvgIpc) is 1.82. The smallest absolute Gasteiger partial charge is 0.0331 e. The second-order valence-electron chi connectivity index (χ2n) is 4.87. The molecule has 1 rings (SSSR count). The van der Waals surface area contributed by atoms with Gasteiger partial charge in [-0.1, -0.05) is 20.8 Å². The monoisotopic (exact) mass is 259 g/mol. The van der Waals surface area contributed by atoms with E-state index in [1.54, 1.807) is 0 Å². The fourth-order valence-corrected chi connectivity index (χ4v) is 1.59. The quantitative estimate of drug-likeness (QED) is 0.667. The predicted molar refractivity (Wildman–Crippen MR) is 50.7 cm³/mol. The van der Waals surface area contributed by atoms with Crippen LogP contribution in [0.5, 0.6) is 0 Å². The Kier molecular flexibility index (Phi) is 6.25. The van der Waals surface area contributed by atoms with E-state index in [0.717, 1.165) is 19.6 Å².